The van der Waals surface area contributed by atoms with Crippen molar-refractivity contribution in [1.82, 2.24) is 29.9 Å². The first-order chi connectivity index (χ1) is 12.5. The number of nitrogens with zero attached hydrogens (tertiary/aromatic N) is 5. The van der Waals surface area contributed by atoms with Crippen molar-refractivity contribution in [2.45, 2.75) is 39.7 Å². The van der Waals surface area contributed by atoms with E-state index in [4.69, 9.17) is 0 Å². The molecule has 26 heavy (non-hydrogen) atoms. The number of carbonyl (C=O) groups excluding carboxylic acids is 1. The van der Waals surface area contributed by atoms with Crippen LogP contribution >= 0.6 is 0 Å². The maximum atomic E-state index is 12.3. The summed E-state index contributed by atoms with van der Waals surface area (Å²) in [6.45, 7) is 6.01. The number of aryl methyl sites for hydroxylation is 2. The second kappa shape index (κ2) is 7.51. The topological polar surface area (TPSA) is 77.6 Å². The molecule has 0 aliphatic heterocycles. The van der Waals surface area contributed by atoms with E-state index in [1.54, 1.807) is 11.0 Å². The van der Waals surface area contributed by atoms with Crippen LogP contribution in [0.1, 0.15) is 41.9 Å². The fourth-order valence-corrected chi connectivity index (χ4v) is 3.07. The lowest BCUT2D eigenvalue weighted by molar-refractivity contribution is -0.121. The van der Waals surface area contributed by atoms with Gasteiger partial charge in [0.25, 0.3) is 0 Å². The highest BCUT2D eigenvalue weighted by Gasteiger charge is 2.13. The van der Waals surface area contributed by atoms with Crippen LogP contribution in [0.25, 0.3) is 5.69 Å². The van der Waals surface area contributed by atoms with E-state index in [2.05, 4.69) is 20.5 Å². The van der Waals surface area contributed by atoms with Crippen LogP contribution in [0.2, 0.25) is 0 Å². The standard InChI is InChI=1S/C19H24N6O/c1-13(16-5-7-17(8-6-16)25-12-20-11-21-25)22-19(26)10-9-18-14(2)23-24(4)15(18)3/h5-8,11-13H,9-10H2,1-4H3,(H,22,26)/t13-/m0/s1. The van der Waals surface area contributed by atoms with Crippen molar-refractivity contribution in [3.63, 3.8) is 0 Å². The van der Waals surface area contributed by atoms with Crippen LogP contribution < -0.4 is 5.32 Å². The second-order valence-corrected chi connectivity index (χ2v) is 6.49. The molecule has 0 saturated carbocycles. The van der Waals surface area contributed by atoms with Gasteiger partial charge in [0.15, 0.2) is 0 Å². The highest BCUT2D eigenvalue weighted by atomic mass is 16.1. The molecule has 1 aromatic carbocycles. The summed E-state index contributed by atoms with van der Waals surface area (Å²) in [5.41, 5.74) is 5.26. The van der Waals surface area contributed by atoms with E-state index in [9.17, 15) is 4.79 Å². The molecule has 1 amide bonds. The molecule has 7 heteroatoms. The average Bonchev–Trinajstić information content (AvgIpc) is 3.23. The van der Waals surface area contributed by atoms with Crippen LogP contribution in [-0.2, 0) is 18.3 Å². The third kappa shape index (κ3) is 3.82. The van der Waals surface area contributed by atoms with Gasteiger partial charge in [-0.1, -0.05) is 12.1 Å². The van der Waals surface area contributed by atoms with Crippen molar-refractivity contribution in [2.24, 2.45) is 7.05 Å². The van der Waals surface area contributed by atoms with E-state index >= 15 is 0 Å². The van der Waals surface area contributed by atoms with Gasteiger partial charge in [0.05, 0.1) is 17.4 Å². The number of amides is 1. The van der Waals surface area contributed by atoms with Crippen LogP contribution in [0.4, 0.5) is 0 Å². The predicted molar refractivity (Wildman–Crippen MR) is 98.9 cm³/mol. The molecule has 0 aliphatic carbocycles. The summed E-state index contributed by atoms with van der Waals surface area (Å²) in [5, 5.41) is 11.6. The van der Waals surface area contributed by atoms with Crippen LogP contribution in [0, 0.1) is 13.8 Å². The molecule has 2 heterocycles. The minimum atomic E-state index is -0.0524. The van der Waals surface area contributed by atoms with E-state index < -0.39 is 0 Å². The molecule has 2 aromatic heterocycles. The quantitative estimate of drug-likeness (QED) is 0.739. The van der Waals surface area contributed by atoms with Gasteiger partial charge in [-0.15, -0.1) is 0 Å². The highest BCUT2D eigenvalue weighted by Crippen LogP contribution is 2.17. The highest BCUT2D eigenvalue weighted by molar-refractivity contribution is 5.76. The number of benzene rings is 1. The Morgan fingerprint density at radius 1 is 1.23 bits per heavy atom. The molecule has 1 atom stereocenters. The molecule has 0 aliphatic rings. The Morgan fingerprint density at radius 3 is 2.54 bits per heavy atom. The molecule has 3 rings (SSSR count). The average molecular weight is 352 g/mol. The minimum absolute atomic E-state index is 0.0421. The summed E-state index contributed by atoms with van der Waals surface area (Å²) in [6, 6.07) is 7.88. The minimum Gasteiger partial charge on any atom is -0.350 e. The SMILES string of the molecule is Cc1nn(C)c(C)c1CCC(=O)N[C@@H](C)c1ccc(-n2cncn2)cc1. The zero-order chi connectivity index (χ0) is 18.7. The molecule has 1 N–H and O–H groups in total. The number of nitrogens with one attached hydrogen (secondary N) is 1. The molecule has 0 saturated heterocycles. The smallest absolute Gasteiger partial charge is 0.220 e. The van der Waals surface area contributed by atoms with E-state index in [-0.39, 0.29) is 11.9 Å². The number of hydrogen-bond donors (Lipinski definition) is 1. The van der Waals surface area contributed by atoms with Crippen LogP contribution in [0.5, 0.6) is 0 Å². The van der Waals surface area contributed by atoms with E-state index in [0.29, 0.717) is 12.8 Å². The van der Waals surface area contributed by atoms with E-state index in [1.165, 1.54) is 6.33 Å². The zero-order valence-corrected chi connectivity index (χ0v) is 15.6. The fourth-order valence-electron chi connectivity index (χ4n) is 3.07. The Morgan fingerprint density at radius 2 is 1.96 bits per heavy atom. The van der Waals surface area contributed by atoms with Gasteiger partial charge < -0.3 is 5.32 Å². The maximum absolute atomic E-state index is 12.3. The molecular formula is C19H24N6O. The summed E-state index contributed by atoms with van der Waals surface area (Å²) in [4.78, 5) is 16.3. The van der Waals surface area contributed by atoms with Crippen molar-refractivity contribution in [1.29, 1.82) is 0 Å². The van der Waals surface area contributed by atoms with Crippen molar-refractivity contribution in [2.75, 3.05) is 0 Å². The lowest BCUT2D eigenvalue weighted by Crippen LogP contribution is -2.26. The van der Waals surface area contributed by atoms with Gasteiger partial charge in [-0.25, -0.2) is 9.67 Å². The van der Waals surface area contributed by atoms with Gasteiger partial charge in [-0.3, -0.25) is 9.48 Å². The number of aromatic nitrogens is 5. The molecular weight excluding hydrogens is 328 g/mol. The van der Waals surface area contributed by atoms with E-state index in [1.807, 2.05) is 56.8 Å². The first kappa shape index (κ1) is 17.8. The van der Waals surface area contributed by atoms with Gasteiger partial charge in [0.2, 0.25) is 5.91 Å². The largest absolute Gasteiger partial charge is 0.350 e. The Bertz CT molecular complexity index is 880. The molecule has 7 nitrogen and oxygen atoms in total. The fraction of sp³-hybridized carbons (Fsp3) is 0.368. The molecule has 0 spiro atoms. The first-order valence-electron chi connectivity index (χ1n) is 8.69. The Kier molecular flexibility index (Phi) is 5.16. The van der Waals surface area contributed by atoms with Gasteiger partial charge in [0.1, 0.15) is 12.7 Å². The normalized spacial score (nSPS) is 12.2. The van der Waals surface area contributed by atoms with Crippen LogP contribution in [-0.4, -0.2) is 30.5 Å². The summed E-state index contributed by atoms with van der Waals surface area (Å²) in [5.74, 6) is 0.0421. The number of rotatable bonds is 6. The first-order valence-corrected chi connectivity index (χ1v) is 8.69. The van der Waals surface area contributed by atoms with Gasteiger partial charge in [-0.05, 0) is 50.5 Å². The van der Waals surface area contributed by atoms with Crippen molar-refractivity contribution >= 4 is 5.91 Å². The lowest BCUT2D eigenvalue weighted by atomic mass is 10.1. The molecule has 136 valence electrons. The maximum Gasteiger partial charge on any atom is 0.220 e. The second-order valence-electron chi connectivity index (χ2n) is 6.49. The van der Waals surface area contributed by atoms with E-state index in [0.717, 1.165) is 28.2 Å². The van der Waals surface area contributed by atoms with Crippen molar-refractivity contribution < 1.29 is 4.79 Å². The van der Waals surface area contributed by atoms with Crippen molar-refractivity contribution in [3.05, 3.63) is 59.4 Å². The van der Waals surface area contributed by atoms with Gasteiger partial charge in [-0.2, -0.15) is 10.2 Å². The van der Waals surface area contributed by atoms with Gasteiger partial charge in [0, 0.05) is 19.2 Å². The number of hydrogen-bond acceptors (Lipinski definition) is 4. The summed E-state index contributed by atoms with van der Waals surface area (Å²) in [7, 11) is 1.93. The lowest BCUT2D eigenvalue weighted by Gasteiger charge is -2.15. The predicted octanol–water partition coefficient (Wildman–Crippen LogP) is 2.43. The molecule has 3 aromatic rings. The zero-order valence-electron chi connectivity index (χ0n) is 15.6. The Labute approximate surface area is 153 Å². The van der Waals surface area contributed by atoms with Crippen molar-refractivity contribution in [3.8, 4) is 5.69 Å². The third-order valence-corrected chi connectivity index (χ3v) is 4.71. The summed E-state index contributed by atoms with van der Waals surface area (Å²) >= 11 is 0. The third-order valence-electron chi connectivity index (χ3n) is 4.71. The Hall–Kier alpha value is -2.96. The molecule has 0 bridgehead atoms. The Balaban J connectivity index is 1.57. The summed E-state index contributed by atoms with van der Waals surface area (Å²) in [6.07, 6.45) is 4.31. The van der Waals surface area contributed by atoms with Gasteiger partial charge >= 0.3 is 0 Å². The van der Waals surface area contributed by atoms with Crippen LogP contribution in [0.15, 0.2) is 36.9 Å². The molecule has 0 unspecified atom stereocenters. The monoisotopic (exact) mass is 352 g/mol. The molecule has 0 fully saturated rings. The summed E-state index contributed by atoms with van der Waals surface area (Å²) < 4.78 is 3.56. The number of carbonyl (C=O) groups is 1. The molecule has 0 radical (unpaired) electrons. The van der Waals surface area contributed by atoms with Crippen LogP contribution in [0.3, 0.4) is 0 Å².